The molecule has 18 heavy (non-hydrogen) atoms. The molecule has 0 saturated heterocycles. The second kappa shape index (κ2) is 8.48. The van der Waals surface area contributed by atoms with Gasteiger partial charge in [0, 0.05) is 13.2 Å². The Labute approximate surface area is 111 Å². The van der Waals surface area contributed by atoms with Crippen molar-refractivity contribution >= 4 is 5.97 Å². The van der Waals surface area contributed by atoms with Crippen LogP contribution in [-0.4, -0.2) is 37.4 Å². The Kier molecular flexibility index (Phi) is 8.20. The number of rotatable bonds is 8. The molecule has 108 valence electrons. The van der Waals surface area contributed by atoms with Gasteiger partial charge in [-0.3, -0.25) is 4.79 Å². The predicted octanol–water partition coefficient (Wildman–Crippen LogP) is 2.37. The van der Waals surface area contributed by atoms with Crippen molar-refractivity contribution in [1.29, 1.82) is 0 Å². The quantitative estimate of drug-likeness (QED) is 0.537. The van der Waals surface area contributed by atoms with E-state index < -0.39 is 5.60 Å². The second-order valence-corrected chi connectivity index (χ2v) is 6.00. The van der Waals surface area contributed by atoms with Crippen LogP contribution in [0.4, 0.5) is 0 Å². The zero-order valence-electron chi connectivity index (χ0n) is 12.7. The van der Waals surface area contributed by atoms with Gasteiger partial charge in [-0.25, -0.2) is 0 Å². The van der Waals surface area contributed by atoms with Crippen LogP contribution in [0.3, 0.4) is 0 Å². The predicted molar refractivity (Wildman–Crippen MR) is 73.6 cm³/mol. The van der Waals surface area contributed by atoms with Gasteiger partial charge in [0.15, 0.2) is 0 Å². The Morgan fingerprint density at radius 2 is 1.78 bits per heavy atom. The summed E-state index contributed by atoms with van der Waals surface area (Å²) in [4.78, 5) is 11.6. The van der Waals surface area contributed by atoms with E-state index in [2.05, 4.69) is 19.2 Å². The van der Waals surface area contributed by atoms with Gasteiger partial charge in [0.05, 0.1) is 6.61 Å². The highest BCUT2D eigenvalue weighted by atomic mass is 16.6. The minimum absolute atomic E-state index is 0.218. The first-order valence-electron chi connectivity index (χ1n) is 6.76. The minimum Gasteiger partial charge on any atom is -0.459 e. The Balaban J connectivity index is 3.58. The molecule has 4 heteroatoms. The van der Waals surface area contributed by atoms with E-state index in [1.54, 1.807) is 0 Å². The number of esters is 1. The van der Waals surface area contributed by atoms with E-state index in [9.17, 15) is 4.79 Å². The number of hydrogen-bond acceptors (Lipinski definition) is 4. The molecule has 0 heterocycles. The van der Waals surface area contributed by atoms with Gasteiger partial charge in [0.1, 0.15) is 11.6 Å². The third kappa shape index (κ3) is 10.5. The van der Waals surface area contributed by atoms with E-state index in [-0.39, 0.29) is 12.0 Å². The molecule has 1 unspecified atom stereocenters. The lowest BCUT2D eigenvalue weighted by molar-refractivity contribution is -0.157. The monoisotopic (exact) mass is 259 g/mol. The van der Waals surface area contributed by atoms with Gasteiger partial charge >= 0.3 is 5.97 Å². The lowest BCUT2D eigenvalue weighted by atomic mass is 10.1. The molecule has 0 aliphatic carbocycles. The van der Waals surface area contributed by atoms with E-state index in [1.165, 1.54) is 0 Å². The Bertz CT molecular complexity index is 234. The lowest BCUT2D eigenvalue weighted by Crippen LogP contribution is -2.40. The summed E-state index contributed by atoms with van der Waals surface area (Å²) in [6.45, 7) is 13.8. The SMILES string of the molecule is CC(C)CCOCCNC(C)C(=O)OC(C)(C)C. The molecule has 0 rings (SSSR count). The third-order valence-corrected chi connectivity index (χ3v) is 2.30. The molecule has 0 bridgehead atoms. The molecular weight excluding hydrogens is 230 g/mol. The van der Waals surface area contributed by atoms with E-state index in [0.717, 1.165) is 13.0 Å². The molecular formula is C14H29NO3. The van der Waals surface area contributed by atoms with Crippen LogP contribution in [0.1, 0.15) is 48.0 Å². The van der Waals surface area contributed by atoms with Crippen LogP contribution in [0, 0.1) is 5.92 Å². The molecule has 0 saturated carbocycles. The summed E-state index contributed by atoms with van der Waals surface area (Å²) in [5.41, 5.74) is -0.430. The summed E-state index contributed by atoms with van der Waals surface area (Å²) in [6, 6.07) is -0.294. The van der Waals surface area contributed by atoms with Crippen molar-refractivity contribution in [1.82, 2.24) is 5.32 Å². The summed E-state index contributed by atoms with van der Waals surface area (Å²) >= 11 is 0. The molecule has 0 aromatic rings. The summed E-state index contributed by atoms with van der Waals surface area (Å²) < 4.78 is 10.7. The Hall–Kier alpha value is -0.610. The van der Waals surface area contributed by atoms with E-state index in [0.29, 0.717) is 19.1 Å². The third-order valence-electron chi connectivity index (χ3n) is 2.30. The molecule has 0 aliphatic heterocycles. The van der Waals surface area contributed by atoms with Gasteiger partial charge in [-0.2, -0.15) is 0 Å². The molecule has 4 nitrogen and oxygen atoms in total. The van der Waals surface area contributed by atoms with Gasteiger partial charge in [0.2, 0.25) is 0 Å². The first-order chi connectivity index (χ1) is 8.22. The zero-order chi connectivity index (χ0) is 14.2. The minimum atomic E-state index is -0.430. The first-order valence-corrected chi connectivity index (χ1v) is 6.76. The Morgan fingerprint density at radius 3 is 2.28 bits per heavy atom. The fourth-order valence-corrected chi connectivity index (χ4v) is 1.24. The fraction of sp³-hybridized carbons (Fsp3) is 0.929. The average molecular weight is 259 g/mol. The number of carbonyl (C=O) groups is 1. The maximum Gasteiger partial charge on any atom is 0.323 e. The molecule has 1 atom stereocenters. The number of ether oxygens (including phenoxy) is 2. The van der Waals surface area contributed by atoms with Crippen molar-refractivity contribution in [2.45, 2.75) is 59.6 Å². The largest absolute Gasteiger partial charge is 0.459 e. The van der Waals surface area contributed by atoms with Crippen molar-refractivity contribution in [3.8, 4) is 0 Å². The molecule has 0 aromatic carbocycles. The normalized spacial score (nSPS) is 13.7. The lowest BCUT2D eigenvalue weighted by Gasteiger charge is -2.22. The van der Waals surface area contributed by atoms with Crippen LogP contribution in [-0.2, 0) is 14.3 Å². The van der Waals surface area contributed by atoms with Gasteiger partial charge in [-0.05, 0) is 40.0 Å². The molecule has 1 N–H and O–H groups in total. The van der Waals surface area contributed by atoms with Crippen LogP contribution in [0.25, 0.3) is 0 Å². The van der Waals surface area contributed by atoms with Crippen LogP contribution >= 0.6 is 0 Å². The highest BCUT2D eigenvalue weighted by molar-refractivity contribution is 5.75. The number of nitrogens with one attached hydrogen (secondary N) is 1. The highest BCUT2D eigenvalue weighted by Gasteiger charge is 2.20. The van der Waals surface area contributed by atoms with E-state index >= 15 is 0 Å². The van der Waals surface area contributed by atoms with Gasteiger partial charge < -0.3 is 14.8 Å². The maximum atomic E-state index is 11.6. The Morgan fingerprint density at radius 1 is 1.17 bits per heavy atom. The van der Waals surface area contributed by atoms with Crippen molar-refractivity contribution in [2.75, 3.05) is 19.8 Å². The van der Waals surface area contributed by atoms with Gasteiger partial charge in [-0.1, -0.05) is 13.8 Å². The van der Waals surface area contributed by atoms with Crippen molar-refractivity contribution in [3.63, 3.8) is 0 Å². The maximum absolute atomic E-state index is 11.6. The number of carbonyl (C=O) groups excluding carboxylic acids is 1. The average Bonchev–Trinajstić information content (AvgIpc) is 2.19. The summed E-state index contributed by atoms with van der Waals surface area (Å²) in [7, 11) is 0. The summed E-state index contributed by atoms with van der Waals surface area (Å²) in [5.74, 6) is 0.448. The van der Waals surface area contributed by atoms with Gasteiger partial charge in [0.25, 0.3) is 0 Å². The summed E-state index contributed by atoms with van der Waals surface area (Å²) in [5, 5.41) is 3.09. The van der Waals surface area contributed by atoms with Crippen molar-refractivity contribution < 1.29 is 14.3 Å². The van der Waals surface area contributed by atoms with E-state index in [4.69, 9.17) is 9.47 Å². The standard InChI is InChI=1S/C14H29NO3/c1-11(2)7-9-17-10-8-15-12(3)13(16)18-14(4,5)6/h11-12,15H,7-10H2,1-6H3. The second-order valence-electron chi connectivity index (χ2n) is 6.00. The first kappa shape index (κ1) is 17.4. The van der Waals surface area contributed by atoms with Crippen molar-refractivity contribution in [2.24, 2.45) is 5.92 Å². The van der Waals surface area contributed by atoms with E-state index in [1.807, 2.05) is 27.7 Å². The summed E-state index contributed by atoms with van der Waals surface area (Å²) in [6.07, 6.45) is 1.07. The van der Waals surface area contributed by atoms with Crippen LogP contribution in [0.2, 0.25) is 0 Å². The highest BCUT2D eigenvalue weighted by Crippen LogP contribution is 2.08. The van der Waals surface area contributed by atoms with Crippen molar-refractivity contribution in [3.05, 3.63) is 0 Å². The molecule has 0 amide bonds. The number of hydrogen-bond donors (Lipinski definition) is 1. The van der Waals surface area contributed by atoms with Crippen LogP contribution in [0.15, 0.2) is 0 Å². The topological polar surface area (TPSA) is 47.6 Å². The van der Waals surface area contributed by atoms with Crippen LogP contribution in [0.5, 0.6) is 0 Å². The molecule has 0 spiro atoms. The molecule has 0 radical (unpaired) electrons. The zero-order valence-corrected chi connectivity index (χ0v) is 12.7. The molecule has 0 aliphatic rings. The molecule has 0 aromatic heterocycles. The van der Waals surface area contributed by atoms with Crippen LogP contribution < -0.4 is 5.32 Å². The molecule has 0 fully saturated rings. The fourth-order valence-electron chi connectivity index (χ4n) is 1.24. The smallest absolute Gasteiger partial charge is 0.323 e. The van der Waals surface area contributed by atoms with Gasteiger partial charge in [-0.15, -0.1) is 0 Å².